The first-order valence-corrected chi connectivity index (χ1v) is 9.31. The van der Waals surface area contributed by atoms with Gasteiger partial charge in [-0.15, -0.1) is 0 Å². The quantitative estimate of drug-likeness (QED) is 0.453. The highest BCUT2D eigenvalue weighted by Crippen LogP contribution is 2.31. The van der Waals surface area contributed by atoms with Crippen LogP contribution in [0.4, 0.5) is 0 Å². The molecule has 0 saturated heterocycles. The van der Waals surface area contributed by atoms with Crippen molar-refractivity contribution >= 4 is 39.4 Å². The van der Waals surface area contributed by atoms with Gasteiger partial charge in [-0.05, 0) is 19.1 Å². The highest BCUT2D eigenvalue weighted by atomic mass is 35.5. The number of benzene rings is 2. The molecule has 0 N–H and O–H groups in total. The molecule has 0 fully saturated rings. The lowest BCUT2D eigenvalue weighted by molar-refractivity contribution is -0.144. The van der Waals surface area contributed by atoms with Gasteiger partial charge in [0.15, 0.2) is 0 Å². The molecular weight excluding hydrogens is 378 g/mol. The molecule has 0 saturated carbocycles. The number of nitrogens with zero attached hydrogens (tertiary/aromatic N) is 3. The number of hydrogen-bond acceptors (Lipinski definition) is 5. The highest BCUT2D eigenvalue weighted by molar-refractivity contribution is 6.31. The predicted molar refractivity (Wildman–Crippen MR) is 107 cm³/mol. The molecule has 2 heterocycles. The molecule has 4 rings (SSSR count). The number of pyridine rings is 1. The van der Waals surface area contributed by atoms with Crippen LogP contribution in [0.15, 0.2) is 54.7 Å². The molecule has 0 bridgehead atoms. The number of esters is 1. The van der Waals surface area contributed by atoms with Gasteiger partial charge in [0.05, 0.1) is 17.5 Å². The third-order valence-electron chi connectivity index (χ3n) is 4.34. The van der Waals surface area contributed by atoms with Gasteiger partial charge in [0.1, 0.15) is 18.7 Å². The third-order valence-corrected chi connectivity index (χ3v) is 4.71. The standard InChI is InChI=1S/C21H18ClN3O3/c1-2-27-19(26)12-25-21(28-13-14-7-3-5-9-17(14)22)16-11-23-18-10-6-4-8-15(18)20(16)24-25/h3-11H,2,12-13H2,1H3. The van der Waals surface area contributed by atoms with E-state index in [1.807, 2.05) is 48.5 Å². The van der Waals surface area contributed by atoms with Crippen LogP contribution in [-0.4, -0.2) is 27.3 Å². The van der Waals surface area contributed by atoms with E-state index in [2.05, 4.69) is 10.1 Å². The van der Waals surface area contributed by atoms with Gasteiger partial charge in [0.2, 0.25) is 5.88 Å². The maximum atomic E-state index is 12.1. The lowest BCUT2D eigenvalue weighted by Crippen LogP contribution is -2.15. The van der Waals surface area contributed by atoms with E-state index < -0.39 is 0 Å². The van der Waals surface area contributed by atoms with Crippen LogP contribution >= 0.6 is 11.6 Å². The van der Waals surface area contributed by atoms with Crippen molar-refractivity contribution in [3.8, 4) is 5.88 Å². The number of fused-ring (bicyclic) bond motifs is 3. The minimum atomic E-state index is -0.379. The lowest BCUT2D eigenvalue weighted by atomic mass is 10.2. The number of carbonyl (C=O) groups is 1. The molecule has 0 atom stereocenters. The van der Waals surface area contributed by atoms with E-state index in [0.717, 1.165) is 27.4 Å². The molecule has 0 amide bonds. The van der Waals surface area contributed by atoms with E-state index in [4.69, 9.17) is 21.1 Å². The van der Waals surface area contributed by atoms with Crippen LogP contribution in [0.3, 0.4) is 0 Å². The summed E-state index contributed by atoms with van der Waals surface area (Å²) in [5.41, 5.74) is 2.40. The van der Waals surface area contributed by atoms with Crippen LogP contribution in [0.25, 0.3) is 21.8 Å². The summed E-state index contributed by atoms with van der Waals surface area (Å²) in [5.74, 6) is 0.0800. The van der Waals surface area contributed by atoms with Crippen molar-refractivity contribution in [1.29, 1.82) is 0 Å². The monoisotopic (exact) mass is 395 g/mol. The second kappa shape index (κ2) is 7.86. The predicted octanol–water partition coefficient (Wildman–Crippen LogP) is 4.38. The third kappa shape index (κ3) is 3.51. The summed E-state index contributed by atoms with van der Waals surface area (Å²) in [6.07, 6.45) is 1.72. The summed E-state index contributed by atoms with van der Waals surface area (Å²) in [6.45, 7) is 2.27. The summed E-state index contributed by atoms with van der Waals surface area (Å²) in [7, 11) is 0. The Kier molecular flexibility index (Phi) is 5.12. The Bertz CT molecular complexity index is 1160. The summed E-state index contributed by atoms with van der Waals surface area (Å²) in [4.78, 5) is 16.6. The van der Waals surface area contributed by atoms with E-state index in [1.165, 1.54) is 4.68 Å². The first-order valence-electron chi connectivity index (χ1n) is 8.93. The van der Waals surface area contributed by atoms with Crippen molar-refractivity contribution in [3.63, 3.8) is 0 Å². The molecule has 0 aliphatic rings. The average molecular weight is 396 g/mol. The van der Waals surface area contributed by atoms with Crippen molar-refractivity contribution < 1.29 is 14.3 Å². The Balaban J connectivity index is 1.78. The van der Waals surface area contributed by atoms with E-state index in [1.54, 1.807) is 13.1 Å². The molecule has 142 valence electrons. The molecule has 28 heavy (non-hydrogen) atoms. The molecule has 6 nitrogen and oxygen atoms in total. The Morgan fingerprint density at radius 2 is 1.89 bits per heavy atom. The van der Waals surface area contributed by atoms with Gasteiger partial charge in [-0.25, -0.2) is 4.68 Å². The number of carbonyl (C=O) groups excluding carboxylic acids is 1. The summed E-state index contributed by atoms with van der Waals surface area (Å²) < 4.78 is 12.6. The van der Waals surface area contributed by atoms with Crippen molar-refractivity contribution in [3.05, 3.63) is 65.3 Å². The smallest absolute Gasteiger partial charge is 0.327 e. The van der Waals surface area contributed by atoms with E-state index in [9.17, 15) is 4.79 Å². The van der Waals surface area contributed by atoms with Gasteiger partial charge < -0.3 is 9.47 Å². The van der Waals surface area contributed by atoms with E-state index in [-0.39, 0.29) is 19.1 Å². The second-order valence-electron chi connectivity index (χ2n) is 6.19. The molecule has 0 aliphatic carbocycles. The Morgan fingerprint density at radius 3 is 2.71 bits per heavy atom. The number of aromatic nitrogens is 3. The number of para-hydroxylation sites is 1. The minimum Gasteiger partial charge on any atom is -0.472 e. The SMILES string of the molecule is CCOC(=O)Cn1nc2c(cnc3ccccc32)c1OCc1ccccc1Cl. The van der Waals surface area contributed by atoms with Crippen molar-refractivity contribution in [2.45, 2.75) is 20.1 Å². The molecule has 0 unspecified atom stereocenters. The second-order valence-corrected chi connectivity index (χ2v) is 6.59. The Labute approximate surface area is 166 Å². The van der Waals surface area contributed by atoms with Crippen LogP contribution in [-0.2, 0) is 22.7 Å². The van der Waals surface area contributed by atoms with Gasteiger partial charge in [-0.1, -0.05) is 48.0 Å². The average Bonchev–Trinajstić information content (AvgIpc) is 3.05. The first kappa shape index (κ1) is 18.3. The summed E-state index contributed by atoms with van der Waals surface area (Å²) >= 11 is 6.24. The number of halogens is 1. The Morgan fingerprint density at radius 1 is 1.11 bits per heavy atom. The number of rotatable bonds is 6. The molecule has 4 aromatic rings. The molecule has 0 radical (unpaired) electrons. The molecule has 0 spiro atoms. The van der Waals surface area contributed by atoms with Gasteiger partial charge in [-0.2, -0.15) is 5.10 Å². The summed E-state index contributed by atoms with van der Waals surface area (Å²) in [6, 6.07) is 15.2. The highest BCUT2D eigenvalue weighted by Gasteiger charge is 2.18. The lowest BCUT2D eigenvalue weighted by Gasteiger charge is -2.10. The van der Waals surface area contributed by atoms with Crippen LogP contribution < -0.4 is 4.74 Å². The topological polar surface area (TPSA) is 66.2 Å². The van der Waals surface area contributed by atoms with Crippen LogP contribution in [0.1, 0.15) is 12.5 Å². The minimum absolute atomic E-state index is 0.0469. The number of hydrogen-bond donors (Lipinski definition) is 0. The first-order chi connectivity index (χ1) is 13.7. The van der Waals surface area contributed by atoms with Crippen LogP contribution in [0.5, 0.6) is 5.88 Å². The van der Waals surface area contributed by atoms with E-state index >= 15 is 0 Å². The summed E-state index contributed by atoms with van der Waals surface area (Å²) in [5, 5.41) is 6.86. The maximum Gasteiger partial charge on any atom is 0.327 e. The van der Waals surface area contributed by atoms with Crippen LogP contribution in [0, 0.1) is 0 Å². The van der Waals surface area contributed by atoms with Crippen molar-refractivity contribution in [2.75, 3.05) is 6.61 Å². The van der Waals surface area contributed by atoms with E-state index in [0.29, 0.717) is 17.5 Å². The molecule has 2 aromatic carbocycles. The van der Waals surface area contributed by atoms with Gasteiger partial charge in [0, 0.05) is 22.2 Å². The van der Waals surface area contributed by atoms with Crippen LogP contribution in [0.2, 0.25) is 5.02 Å². The zero-order valence-corrected chi connectivity index (χ0v) is 16.0. The van der Waals surface area contributed by atoms with Gasteiger partial charge >= 0.3 is 5.97 Å². The fraction of sp³-hybridized carbons (Fsp3) is 0.190. The van der Waals surface area contributed by atoms with Crippen molar-refractivity contribution in [1.82, 2.24) is 14.8 Å². The van der Waals surface area contributed by atoms with Gasteiger partial charge in [0.25, 0.3) is 0 Å². The molecule has 0 aliphatic heterocycles. The van der Waals surface area contributed by atoms with Gasteiger partial charge in [-0.3, -0.25) is 9.78 Å². The zero-order valence-electron chi connectivity index (χ0n) is 15.3. The molecule has 2 aromatic heterocycles. The number of ether oxygens (including phenoxy) is 2. The normalized spacial score (nSPS) is 11.1. The Hall–Kier alpha value is -3.12. The fourth-order valence-corrected chi connectivity index (χ4v) is 3.24. The molecule has 7 heteroatoms. The molecular formula is C21H18ClN3O3. The largest absolute Gasteiger partial charge is 0.472 e. The maximum absolute atomic E-state index is 12.1. The van der Waals surface area contributed by atoms with Crippen molar-refractivity contribution in [2.24, 2.45) is 0 Å². The fourth-order valence-electron chi connectivity index (χ4n) is 3.05. The zero-order chi connectivity index (χ0) is 19.5.